The van der Waals surface area contributed by atoms with Crippen molar-refractivity contribution in [1.29, 1.82) is 0 Å². The summed E-state index contributed by atoms with van der Waals surface area (Å²) in [7, 11) is 0. The van der Waals surface area contributed by atoms with Gasteiger partial charge in [0.25, 0.3) is 0 Å². The van der Waals surface area contributed by atoms with Gasteiger partial charge in [-0.05, 0) is 197 Å². The Kier molecular flexibility index (Phi) is 10.6. The van der Waals surface area contributed by atoms with Crippen molar-refractivity contribution in [1.82, 2.24) is 4.57 Å². The predicted octanol–water partition coefficient (Wildman–Crippen LogP) is 21.0. The molecule has 4 heteroatoms. The Hall–Kier alpha value is -8.70. The Morgan fingerprint density at radius 1 is 0.359 bits per heavy atom. The molecule has 2 aromatic heterocycles. The van der Waals surface area contributed by atoms with Crippen molar-refractivity contribution >= 4 is 98.2 Å². The van der Waals surface area contributed by atoms with Gasteiger partial charge in [0, 0.05) is 60.4 Å². The summed E-state index contributed by atoms with van der Waals surface area (Å²) in [5, 5.41) is 7.48. The molecule has 78 heavy (non-hydrogen) atoms. The lowest BCUT2D eigenvalue weighted by atomic mass is 9.48. The van der Waals surface area contributed by atoms with Gasteiger partial charge in [-0.15, -0.1) is 11.3 Å². The van der Waals surface area contributed by atoms with Crippen LogP contribution in [0, 0.1) is 17.8 Å². The summed E-state index contributed by atoms with van der Waals surface area (Å²) < 4.78 is 5.04. The first kappa shape index (κ1) is 45.5. The third-order valence-corrected chi connectivity index (χ3v) is 19.2. The summed E-state index contributed by atoms with van der Waals surface area (Å²) in [6.45, 7) is 0. The normalized spacial score (nSPS) is 18.6. The summed E-state index contributed by atoms with van der Waals surface area (Å²) in [5.41, 5.74) is 16.9. The minimum atomic E-state index is 0.285. The Morgan fingerprint density at radius 2 is 0.949 bits per heavy atom. The van der Waals surface area contributed by atoms with E-state index >= 15 is 0 Å². The molecule has 2 heterocycles. The molecule has 3 nitrogen and oxygen atoms in total. The Bertz CT molecular complexity index is 4340. The van der Waals surface area contributed by atoms with Crippen LogP contribution in [0.4, 0.5) is 34.1 Å². The fraction of sp³-hybridized carbons (Fsp3) is 0.135. The highest BCUT2D eigenvalue weighted by molar-refractivity contribution is 7.26. The largest absolute Gasteiger partial charge is 0.310 e. The fourth-order valence-electron chi connectivity index (χ4n) is 15.0. The molecule has 0 aliphatic heterocycles. The van der Waals surface area contributed by atoms with E-state index in [-0.39, 0.29) is 5.41 Å². The van der Waals surface area contributed by atoms with Crippen molar-refractivity contribution in [2.45, 2.75) is 43.9 Å². The van der Waals surface area contributed by atoms with Crippen LogP contribution in [0.15, 0.2) is 255 Å². The number of hydrogen-bond donors (Lipinski definition) is 0. The molecule has 4 aliphatic rings. The lowest BCUT2D eigenvalue weighted by molar-refractivity contribution is -0.00517. The molecule has 0 unspecified atom stereocenters. The second kappa shape index (κ2) is 18.2. The monoisotopic (exact) mass is 1020 g/mol. The number of para-hydroxylation sites is 1. The topological polar surface area (TPSA) is 11.4 Å². The molecule has 0 amide bonds. The van der Waals surface area contributed by atoms with Crippen molar-refractivity contribution in [3.05, 3.63) is 260 Å². The molecule has 4 bridgehead atoms. The molecule has 0 saturated heterocycles. The predicted molar refractivity (Wildman–Crippen MR) is 331 cm³/mol. The Labute approximate surface area is 459 Å². The Morgan fingerprint density at radius 3 is 1.69 bits per heavy atom. The van der Waals surface area contributed by atoms with E-state index in [0.717, 1.165) is 51.7 Å². The molecule has 0 spiro atoms. The van der Waals surface area contributed by atoms with Crippen LogP contribution in [0.3, 0.4) is 0 Å². The molecular weight excluding hydrogens is 963 g/mol. The van der Waals surface area contributed by atoms with Crippen molar-refractivity contribution in [3.63, 3.8) is 0 Å². The van der Waals surface area contributed by atoms with Gasteiger partial charge in [0.2, 0.25) is 0 Å². The van der Waals surface area contributed by atoms with Gasteiger partial charge in [-0.2, -0.15) is 0 Å². The van der Waals surface area contributed by atoms with Crippen molar-refractivity contribution in [3.8, 4) is 27.9 Å². The van der Waals surface area contributed by atoms with E-state index < -0.39 is 0 Å². The van der Waals surface area contributed by atoms with Crippen molar-refractivity contribution in [2.24, 2.45) is 17.8 Å². The average molecular weight is 1020 g/mol. The van der Waals surface area contributed by atoms with Gasteiger partial charge in [-0.1, -0.05) is 158 Å². The molecule has 374 valence electrons. The zero-order chi connectivity index (χ0) is 51.3. The zero-order valence-electron chi connectivity index (χ0n) is 43.5. The van der Waals surface area contributed by atoms with Crippen molar-refractivity contribution < 1.29 is 0 Å². The highest BCUT2D eigenvalue weighted by Crippen LogP contribution is 2.61. The Balaban J connectivity index is 0.916. The minimum absolute atomic E-state index is 0.285. The molecule has 4 saturated carbocycles. The van der Waals surface area contributed by atoms with Gasteiger partial charge in [0.05, 0.1) is 21.4 Å². The quantitative estimate of drug-likeness (QED) is 0.135. The van der Waals surface area contributed by atoms with Crippen molar-refractivity contribution in [2.75, 3.05) is 9.80 Å². The third-order valence-electron chi connectivity index (χ3n) is 18.0. The molecule has 0 radical (unpaired) electrons. The molecule has 0 atom stereocenters. The standard InChI is InChI=1S/C74H57N3S/c1-4-16-52(17-5-1)56-39-57(53-18-6-2-7-19-53)42-64(41-56)76(70-28-15-27-67-66-26-12-13-29-72(66)78-73(67)70)63-32-34-65-68-44-62(33-35-69(68)77(71(65)45-63)59-23-8-3-9-24-59)75(61-31-30-54-20-10-11-21-55(54)40-61)60-25-14-22-58(43-60)74-46-49-36-50(47-74)38-51(37-49)48-74/h1-35,39-45,49-51H,36-38,46-48H2. The van der Waals surface area contributed by atoms with E-state index in [1.54, 1.807) is 5.56 Å². The van der Waals surface area contributed by atoms with Crippen LogP contribution in [0.2, 0.25) is 0 Å². The number of anilines is 6. The summed E-state index contributed by atoms with van der Waals surface area (Å²) in [6.07, 6.45) is 8.35. The highest BCUT2D eigenvalue weighted by Gasteiger charge is 2.51. The van der Waals surface area contributed by atoms with Gasteiger partial charge in [-0.3, -0.25) is 0 Å². The van der Waals surface area contributed by atoms with Gasteiger partial charge in [0.1, 0.15) is 0 Å². The maximum atomic E-state index is 2.58. The second-order valence-corrected chi connectivity index (χ2v) is 23.8. The fourth-order valence-corrected chi connectivity index (χ4v) is 16.2. The first-order valence-electron chi connectivity index (χ1n) is 28.1. The highest BCUT2D eigenvalue weighted by atomic mass is 32.1. The number of thiophene rings is 1. The van der Waals surface area contributed by atoms with Crippen LogP contribution in [0.25, 0.3) is 80.7 Å². The number of hydrogen-bond acceptors (Lipinski definition) is 3. The smallest absolute Gasteiger partial charge is 0.0640 e. The summed E-state index contributed by atoms with van der Waals surface area (Å²) in [5.74, 6) is 2.64. The van der Waals surface area contributed by atoms with E-state index in [2.05, 4.69) is 269 Å². The van der Waals surface area contributed by atoms with Crippen LogP contribution in [0.5, 0.6) is 0 Å². The zero-order valence-corrected chi connectivity index (χ0v) is 44.3. The minimum Gasteiger partial charge on any atom is -0.310 e. The number of aromatic nitrogens is 1. The van der Waals surface area contributed by atoms with Gasteiger partial charge < -0.3 is 14.4 Å². The molecule has 4 fully saturated rings. The maximum absolute atomic E-state index is 2.58. The summed E-state index contributed by atoms with van der Waals surface area (Å²) in [4.78, 5) is 5.06. The molecule has 13 aromatic rings. The number of nitrogens with zero attached hydrogens (tertiary/aromatic N) is 3. The first-order chi connectivity index (χ1) is 38.6. The number of fused-ring (bicyclic) bond motifs is 7. The lowest BCUT2D eigenvalue weighted by Gasteiger charge is -2.57. The summed E-state index contributed by atoms with van der Waals surface area (Å²) >= 11 is 1.88. The second-order valence-electron chi connectivity index (χ2n) is 22.8. The molecule has 17 rings (SSSR count). The number of rotatable bonds is 10. The van der Waals surface area contributed by atoms with E-state index in [1.165, 1.54) is 119 Å². The SMILES string of the molecule is c1ccc(-c2cc(-c3ccccc3)cc(N(c3ccc4c5cc(N(c6cccc(C78CC9CC(CC(C9)C7)C8)c6)c6ccc7ccccc7c6)ccc5n(-c5ccccc5)c4c3)c3cccc4c3sc3ccccc34)c2)cc1. The molecule has 11 aromatic carbocycles. The first-order valence-corrected chi connectivity index (χ1v) is 28.9. The van der Waals surface area contributed by atoms with Gasteiger partial charge in [0.15, 0.2) is 0 Å². The van der Waals surface area contributed by atoms with E-state index in [9.17, 15) is 0 Å². The van der Waals surface area contributed by atoms with Crippen LogP contribution in [-0.2, 0) is 5.41 Å². The molecular formula is C74H57N3S. The van der Waals surface area contributed by atoms with E-state index in [4.69, 9.17) is 0 Å². The summed E-state index contributed by atoms with van der Waals surface area (Å²) in [6, 6.07) is 95.4. The lowest BCUT2D eigenvalue weighted by Crippen LogP contribution is -2.48. The van der Waals surface area contributed by atoms with E-state index in [0.29, 0.717) is 0 Å². The van der Waals surface area contributed by atoms with Crippen LogP contribution in [0.1, 0.15) is 44.1 Å². The molecule has 0 N–H and O–H groups in total. The van der Waals surface area contributed by atoms with Crippen LogP contribution >= 0.6 is 11.3 Å². The number of benzene rings is 11. The maximum Gasteiger partial charge on any atom is 0.0640 e. The van der Waals surface area contributed by atoms with Crippen LogP contribution < -0.4 is 9.80 Å². The molecule has 4 aliphatic carbocycles. The van der Waals surface area contributed by atoms with E-state index in [1.807, 2.05) is 11.3 Å². The average Bonchev–Trinajstić information content (AvgIpc) is 4.22. The third kappa shape index (κ3) is 7.60. The van der Waals surface area contributed by atoms with Crippen LogP contribution in [-0.4, -0.2) is 4.57 Å². The van der Waals surface area contributed by atoms with Gasteiger partial charge in [-0.25, -0.2) is 0 Å². The van der Waals surface area contributed by atoms with Gasteiger partial charge >= 0.3 is 0 Å².